The van der Waals surface area contributed by atoms with Crippen molar-refractivity contribution in [3.8, 4) is 0 Å². The molecule has 1 aromatic rings. The van der Waals surface area contributed by atoms with Crippen LogP contribution in [0.5, 0.6) is 0 Å². The van der Waals surface area contributed by atoms with E-state index in [1.807, 2.05) is 0 Å². The summed E-state index contributed by atoms with van der Waals surface area (Å²) in [5, 5.41) is 9.21. The first kappa shape index (κ1) is 13.0. The van der Waals surface area contributed by atoms with Crippen LogP contribution in [-0.4, -0.2) is 18.8 Å². The third-order valence-electron chi connectivity index (χ3n) is 2.20. The standard InChI is InChI=1S/C11H13F3O2/c1-7(15)8-4-3-5-9(10(8)12)11(13,14)6-16-2/h3-5,7,15H,6H2,1-2H3. The fourth-order valence-electron chi connectivity index (χ4n) is 1.41. The first-order valence-corrected chi connectivity index (χ1v) is 4.74. The number of alkyl halides is 2. The van der Waals surface area contributed by atoms with Gasteiger partial charge >= 0.3 is 0 Å². The number of aliphatic hydroxyl groups is 1. The second-order valence-corrected chi connectivity index (χ2v) is 3.52. The highest BCUT2D eigenvalue weighted by molar-refractivity contribution is 5.30. The van der Waals surface area contributed by atoms with Gasteiger partial charge in [0.1, 0.15) is 12.4 Å². The largest absolute Gasteiger partial charge is 0.389 e. The highest BCUT2D eigenvalue weighted by Crippen LogP contribution is 2.32. The summed E-state index contributed by atoms with van der Waals surface area (Å²) in [4.78, 5) is 0. The van der Waals surface area contributed by atoms with Crippen molar-refractivity contribution in [1.82, 2.24) is 0 Å². The molecule has 0 bridgehead atoms. The van der Waals surface area contributed by atoms with E-state index < -0.39 is 30.0 Å². The molecule has 2 nitrogen and oxygen atoms in total. The fraction of sp³-hybridized carbons (Fsp3) is 0.455. The molecule has 1 N–H and O–H groups in total. The maximum Gasteiger partial charge on any atom is 0.298 e. The van der Waals surface area contributed by atoms with Gasteiger partial charge in [0, 0.05) is 12.7 Å². The summed E-state index contributed by atoms with van der Waals surface area (Å²) in [5.74, 6) is -4.48. The van der Waals surface area contributed by atoms with E-state index >= 15 is 0 Å². The smallest absolute Gasteiger partial charge is 0.298 e. The molecule has 0 saturated heterocycles. The predicted octanol–water partition coefficient (Wildman–Crippen LogP) is 2.62. The zero-order chi connectivity index (χ0) is 12.3. The molecular weight excluding hydrogens is 221 g/mol. The van der Waals surface area contributed by atoms with Crippen molar-refractivity contribution in [3.05, 3.63) is 35.1 Å². The van der Waals surface area contributed by atoms with Crippen LogP contribution in [0.4, 0.5) is 13.2 Å². The number of benzene rings is 1. The molecule has 0 aromatic heterocycles. The molecule has 0 heterocycles. The quantitative estimate of drug-likeness (QED) is 0.867. The lowest BCUT2D eigenvalue weighted by atomic mass is 10.0. The van der Waals surface area contributed by atoms with Gasteiger partial charge in [0.25, 0.3) is 5.92 Å². The molecule has 0 fully saturated rings. The van der Waals surface area contributed by atoms with Gasteiger partial charge in [-0.25, -0.2) is 4.39 Å². The van der Waals surface area contributed by atoms with Gasteiger partial charge in [-0.2, -0.15) is 8.78 Å². The summed E-state index contributed by atoms with van der Waals surface area (Å²) in [6.07, 6.45) is -1.13. The van der Waals surface area contributed by atoms with Crippen molar-refractivity contribution in [2.45, 2.75) is 19.0 Å². The van der Waals surface area contributed by atoms with Gasteiger partial charge in [0.2, 0.25) is 0 Å². The van der Waals surface area contributed by atoms with Crippen LogP contribution in [0.2, 0.25) is 0 Å². The normalized spacial score (nSPS) is 13.9. The van der Waals surface area contributed by atoms with Gasteiger partial charge in [0.15, 0.2) is 0 Å². The van der Waals surface area contributed by atoms with Crippen LogP contribution < -0.4 is 0 Å². The minimum absolute atomic E-state index is 0.145. The molecule has 16 heavy (non-hydrogen) atoms. The first-order valence-electron chi connectivity index (χ1n) is 4.74. The Morgan fingerprint density at radius 1 is 1.44 bits per heavy atom. The average molecular weight is 234 g/mol. The number of hydrogen-bond acceptors (Lipinski definition) is 2. The average Bonchev–Trinajstić information content (AvgIpc) is 2.17. The van der Waals surface area contributed by atoms with Crippen molar-refractivity contribution >= 4 is 0 Å². The van der Waals surface area contributed by atoms with Crippen LogP contribution >= 0.6 is 0 Å². The second-order valence-electron chi connectivity index (χ2n) is 3.52. The van der Waals surface area contributed by atoms with Gasteiger partial charge in [0.05, 0.1) is 11.7 Å². The topological polar surface area (TPSA) is 29.5 Å². The molecule has 0 amide bonds. The van der Waals surface area contributed by atoms with Gasteiger partial charge in [-0.3, -0.25) is 0 Å². The number of ether oxygens (including phenoxy) is 1. The third kappa shape index (κ3) is 2.54. The van der Waals surface area contributed by atoms with Crippen LogP contribution in [-0.2, 0) is 10.7 Å². The number of halogens is 3. The molecule has 0 aliphatic heterocycles. The molecule has 1 aromatic carbocycles. The summed E-state index contributed by atoms with van der Waals surface area (Å²) < 4.78 is 44.8. The van der Waals surface area contributed by atoms with E-state index in [1.165, 1.54) is 19.1 Å². The molecule has 0 spiro atoms. The number of hydrogen-bond donors (Lipinski definition) is 1. The Bertz CT molecular complexity index is 364. The monoisotopic (exact) mass is 234 g/mol. The molecule has 0 saturated carbocycles. The van der Waals surface area contributed by atoms with Crippen molar-refractivity contribution in [1.29, 1.82) is 0 Å². The van der Waals surface area contributed by atoms with Gasteiger partial charge in [-0.05, 0) is 13.0 Å². The van der Waals surface area contributed by atoms with E-state index in [2.05, 4.69) is 4.74 Å². The van der Waals surface area contributed by atoms with Crippen LogP contribution in [0.15, 0.2) is 18.2 Å². The minimum Gasteiger partial charge on any atom is -0.389 e. The highest BCUT2D eigenvalue weighted by Gasteiger charge is 2.35. The van der Waals surface area contributed by atoms with E-state index in [9.17, 15) is 18.3 Å². The van der Waals surface area contributed by atoms with Crippen LogP contribution in [0.3, 0.4) is 0 Å². The maximum atomic E-state index is 13.6. The van der Waals surface area contributed by atoms with E-state index in [4.69, 9.17) is 0 Å². The van der Waals surface area contributed by atoms with E-state index in [-0.39, 0.29) is 5.56 Å². The minimum atomic E-state index is -3.40. The summed E-state index contributed by atoms with van der Waals surface area (Å²) in [6.45, 7) is 0.420. The number of rotatable bonds is 4. The Hall–Kier alpha value is -1.07. The number of methoxy groups -OCH3 is 1. The molecule has 0 aliphatic carbocycles. The summed E-state index contributed by atoms with van der Waals surface area (Å²) >= 11 is 0. The molecule has 5 heteroatoms. The molecular formula is C11H13F3O2. The Morgan fingerprint density at radius 3 is 2.56 bits per heavy atom. The second kappa shape index (κ2) is 4.84. The van der Waals surface area contributed by atoms with Crippen LogP contribution in [0.1, 0.15) is 24.2 Å². The molecule has 90 valence electrons. The summed E-state index contributed by atoms with van der Waals surface area (Å²) in [6, 6.07) is 3.54. The Kier molecular flexibility index (Phi) is 3.93. The van der Waals surface area contributed by atoms with Crippen LogP contribution in [0, 0.1) is 5.82 Å². The molecule has 1 atom stereocenters. The Labute approximate surface area is 91.7 Å². The third-order valence-corrected chi connectivity index (χ3v) is 2.20. The lowest BCUT2D eigenvalue weighted by Crippen LogP contribution is -2.22. The lowest BCUT2D eigenvalue weighted by Gasteiger charge is -2.18. The van der Waals surface area contributed by atoms with Gasteiger partial charge < -0.3 is 9.84 Å². The van der Waals surface area contributed by atoms with Crippen molar-refractivity contribution in [2.24, 2.45) is 0 Å². The summed E-state index contributed by atoms with van der Waals surface area (Å²) in [7, 11) is 1.12. The molecule has 0 aliphatic rings. The van der Waals surface area contributed by atoms with Gasteiger partial charge in [-0.15, -0.1) is 0 Å². The van der Waals surface area contributed by atoms with Crippen molar-refractivity contribution < 1.29 is 23.0 Å². The van der Waals surface area contributed by atoms with Crippen molar-refractivity contribution in [3.63, 3.8) is 0 Å². The lowest BCUT2D eigenvalue weighted by molar-refractivity contribution is -0.0723. The SMILES string of the molecule is COCC(F)(F)c1cccc(C(C)O)c1F. The first-order chi connectivity index (χ1) is 7.40. The predicted molar refractivity (Wildman–Crippen MR) is 52.8 cm³/mol. The fourth-order valence-corrected chi connectivity index (χ4v) is 1.41. The zero-order valence-electron chi connectivity index (χ0n) is 9.01. The van der Waals surface area contributed by atoms with Crippen molar-refractivity contribution in [2.75, 3.05) is 13.7 Å². The van der Waals surface area contributed by atoms with E-state index in [1.54, 1.807) is 0 Å². The Morgan fingerprint density at radius 2 is 2.06 bits per heavy atom. The van der Waals surface area contributed by atoms with E-state index in [0.29, 0.717) is 0 Å². The number of aliphatic hydroxyl groups excluding tert-OH is 1. The highest BCUT2D eigenvalue weighted by atomic mass is 19.3. The molecule has 1 unspecified atom stereocenters. The molecule has 0 radical (unpaired) electrons. The Balaban J connectivity index is 3.20. The maximum absolute atomic E-state index is 13.6. The zero-order valence-corrected chi connectivity index (χ0v) is 9.01. The van der Waals surface area contributed by atoms with E-state index in [0.717, 1.165) is 13.2 Å². The summed E-state index contributed by atoms with van der Waals surface area (Å²) in [5.41, 5.74) is -0.902. The van der Waals surface area contributed by atoms with Crippen LogP contribution in [0.25, 0.3) is 0 Å². The van der Waals surface area contributed by atoms with Gasteiger partial charge in [-0.1, -0.05) is 12.1 Å². The molecule has 1 rings (SSSR count).